The fourth-order valence-electron chi connectivity index (χ4n) is 2.49. The molecule has 3 aromatic carbocycles. The maximum Gasteiger partial charge on any atom is 0.151 e. The SMILES string of the molecule is CSc1ccccc1S(=O)Nc1ccc(N)c(C(=N)C#Cc2ccccc2)c1. The lowest BCUT2D eigenvalue weighted by atomic mass is 10.1. The largest absolute Gasteiger partial charge is 0.398 e. The van der Waals surface area contributed by atoms with Gasteiger partial charge in [0.25, 0.3) is 0 Å². The van der Waals surface area contributed by atoms with Crippen molar-refractivity contribution in [1.29, 1.82) is 5.41 Å². The first-order valence-electron chi connectivity index (χ1n) is 8.45. The summed E-state index contributed by atoms with van der Waals surface area (Å²) in [5, 5.41) is 8.27. The molecule has 0 saturated heterocycles. The molecule has 0 radical (unpaired) electrons. The van der Waals surface area contributed by atoms with E-state index < -0.39 is 11.0 Å². The maximum absolute atomic E-state index is 12.7. The first-order valence-corrected chi connectivity index (χ1v) is 10.8. The number of rotatable bonds is 5. The van der Waals surface area contributed by atoms with Crippen LogP contribution in [-0.2, 0) is 11.0 Å². The number of nitrogens with one attached hydrogen (secondary N) is 2. The summed E-state index contributed by atoms with van der Waals surface area (Å²) in [6, 6.07) is 22.2. The lowest BCUT2D eigenvalue weighted by Gasteiger charge is -2.11. The number of anilines is 2. The first-order chi connectivity index (χ1) is 13.6. The van der Waals surface area contributed by atoms with Gasteiger partial charge >= 0.3 is 0 Å². The Hall–Kier alpha value is -3.01. The highest BCUT2D eigenvalue weighted by atomic mass is 32.2. The van der Waals surface area contributed by atoms with Crippen LogP contribution in [-0.4, -0.2) is 16.2 Å². The van der Waals surface area contributed by atoms with Gasteiger partial charge in [0, 0.05) is 27.4 Å². The van der Waals surface area contributed by atoms with Gasteiger partial charge in [-0.2, -0.15) is 0 Å². The minimum atomic E-state index is -1.43. The van der Waals surface area contributed by atoms with Crippen molar-refractivity contribution in [3.8, 4) is 11.8 Å². The molecule has 3 rings (SSSR count). The van der Waals surface area contributed by atoms with Crippen molar-refractivity contribution in [3.63, 3.8) is 0 Å². The molecule has 6 heteroatoms. The van der Waals surface area contributed by atoms with Crippen LogP contribution in [0.3, 0.4) is 0 Å². The number of thioether (sulfide) groups is 1. The van der Waals surface area contributed by atoms with Crippen molar-refractivity contribution in [2.75, 3.05) is 16.7 Å². The van der Waals surface area contributed by atoms with Crippen molar-refractivity contribution < 1.29 is 4.21 Å². The number of benzene rings is 3. The molecule has 0 saturated carbocycles. The standard InChI is InChI=1S/C22H19N3OS2/c1-27-21-9-5-6-10-22(21)28(26)25-17-12-14-20(24)18(15-17)19(23)13-11-16-7-3-2-4-8-16/h2-10,12,14-15,23,25H,24H2,1H3. The summed E-state index contributed by atoms with van der Waals surface area (Å²) in [7, 11) is -1.43. The van der Waals surface area contributed by atoms with Crippen molar-refractivity contribution >= 4 is 39.8 Å². The van der Waals surface area contributed by atoms with Crippen LogP contribution in [0.1, 0.15) is 11.1 Å². The highest BCUT2D eigenvalue weighted by Crippen LogP contribution is 2.25. The molecule has 1 unspecified atom stereocenters. The van der Waals surface area contributed by atoms with Gasteiger partial charge in [-0.05, 0) is 54.6 Å². The minimum absolute atomic E-state index is 0.111. The second-order valence-electron chi connectivity index (χ2n) is 5.81. The third-order valence-electron chi connectivity index (χ3n) is 3.91. The first kappa shape index (κ1) is 19.7. The minimum Gasteiger partial charge on any atom is -0.398 e. The molecule has 0 amide bonds. The third-order valence-corrected chi connectivity index (χ3v) is 6.01. The Morgan fingerprint density at radius 2 is 1.79 bits per heavy atom. The van der Waals surface area contributed by atoms with Crippen LogP contribution < -0.4 is 10.5 Å². The molecule has 140 valence electrons. The van der Waals surface area contributed by atoms with Crippen LogP contribution in [0, 0.1) is 17.3 Å². The number of nitrogen functional groups attached to an aromatic ring is 1. The van der Waals surface area contributed by atoms with E-state index in [2.05, 4.69) is 16.6 Å². The van der Waals surface area contributed by atoms with Crippen LogP contribution in [0.15, 0.2) is 82.6 Å². The van der Waals surface area contributed by atoms with E-state index >= 15 is 0 Å². The van der Waals surface area contributed by atoms with Gasteiger partial charge in [-0.25, -0.2) is 4.21 Å². The molecule has 0 aliphatic carbocycles. The van der Waals surface area contributed by atoms with E-state index in [0.717, 1.165) is 10.5 Å². The van der Waals surface area contributed by atoms with Gasteiger partial charge < -0.3 is 10.5 Å². The van der Waals surface area contributed by atoms with E-state index in [9.17, 15) is 4.21 Å². The van der Waals surface area contributed by atoms with E-state index in [4.69, 9.17) is 11.1 Å². The van der Waals surface area contributed by atoms with E-state index in [1.54, 1.807) is 30.0 Å². The highest BCUT2D eigenvalue weighted by Gasteiger charge is 2.11. The smallest absolute Gasteiger partial charge is 0.151 e. The van der Waals surface area contributed by atoms with Crippen LogP contribution >= 0.6 is 11.8 Å². The van der Waals surface area contributed by atoms with Gasteiger partial charge in [0.2, 0.25) is 0 Å². The Morgan fingerprint density at radius 1 is 1.07 bits per heavy atom. The van der Waals surface area contributed by atoms with Gasteiger partial charge in [-0.3, -0.25) is 5.41 Å². The number of nitrogens with two attached hydrogens (primary N) is 1. The maximum atomic E-state index is 12.7. The summed E-state index contributed by atoms with van der Waals surface area (Å²) in [5.41, 5.74) is 8.54. The average Bonchev–Trinajstić information content (AvgIpc) is 2.74. The van der Waals surface area contributed by atoms with Crippen LogP contribution in [0.4, 0.5) is 11.4 Å². The zero-order valence-electron chi connectivity index (χ0n) is 15.2. The van der Waals surface area contributed by atoms with Gasteiger partial charge in [-0.15, -0.1) is 11.8 Å². The predicted molar refractivity (Wildman–Crippen MR) is 119 cm³/mol. The molecule has 1 atom stereocenters. The molecule has 0 aromatic heterocycles. The molecule has 0 heterocycles. The van der Waals surface area contributed by atoms with E-state index in [0.29, 0.717) is 21.8 Å². The lowest BCUT2D eigenvalue weighted by Crippen LogP contribution is -2.08. The molecule has 0 aliphatic heterocycles. The quantitative estimate of drug-likeness (QED) is 0.252. The van der Waals surface area contributed by atoms with Crippen LogP contribution in [0.25, 0.3) is 0 Å². The number of hydrogen-bond donors (Lipinski definition) is 3. The van der Waals surface area contributed by atoms with Gasteiger partial charge in [-0.1, -0.05) is 36.3 Å². The van der Waals surface area contributed by atoms with Crippen molar-refractivity contribution in [2.24, 2.45) is 0 Å². The Morgan fingerprint density at radius 3 is 2.54 bits per heavy atom. The Bertz CT molecular complexity index is 1090. The van der Waals surface area contributed by atoms with Crippen molar-refractivity contribution in [2.45, 2.75) is 9.79 Å². The monoisotopic (exact) mass is 405 g/mol. The van der Waals surface area contributed by atoms with Gasteiger partial charge in [0.1, 0.15) is 5.71 Å². The molecule has 0 bridgehead atoms. The van der Waals surface area contributed by atoms with Crippen molar-refractivity contribution in [3.05, 3.63) is 83.9 Å². The molecule has 28 heavy (non-hydrogen) atoms. The van der Waals surface area contributed by atoms with E-state index in [1.165, 1.54) is 0 Å². The van der Waals surface area contributed by atoms with E-state index in [-0.39, 0.29) is 5.71 Å². The second kappa shape index (κ2) is 9.27. The molecule has 0 aliphatic rings. The zero-order valence-corrected chi connectivity index (χ0v) is 16.9. The lowest BCUT2D eigenvalue weighted by molar-refractivity contribution is 0.685. The summed E-state index contributed by atoms with van der Waals surface area (Å²) >= 11 is 1.54. The van der Waals surface area contributed by atoms with Crippen molar-refractivity contribution in [1.82, 2.24) is 0 Å². The van der Waals surface area contributed by atoms with E-state index in [1.807, 2.05) is 60.9 Å². The average molecular weight is 406 g/mol. The summed E-state index contributed by atoms with van der Waals surface area (Å²) in [4.78, 5) is 1.66. The molecule has 0 spiro atoms. The zero-order chi connectivity index (χ0) is 19.9. The molecule has 4 nitrogen and oxygen atoms in total. The Balaban J connectivity index is 1.82. The summed E-state index contributed by atoms with van der Waals surface area (Å²) < 4.78 is 15.7. The third kappa shape index (κ3) is 4.83. The Labute approximate surface area is 171 Å². The van der Waals surface area contributed by atoms with Gasteiger partial charge in [0.05, 0.1) is 4.90 Å². The second-order valence-corrected chi connectivity index (χ2v) is 7.84. The molecular formula is C22H19N3OS2. The van der Waals surface area contributed by atoms with Crippen LogP contribution in [0.5, 0.6) is 0 Å². The fourth-order valence-corrected chi connectivity index (χ4v) is 4.36. The molecule has 3 aromatic rings. The molecule has 4 N–H and O–H groups in total. The highest BCUT2D eigenvalue weighted by molar-refractivity contribution is 7.99. The number of hydrogen-bond acceptors (Lipinski definition) is 4. The summed E-state index contributed by atoms with van der Waals surface area (Å²) in [5.74, 6) is 5.79. The molecule has 0 fully saturated rings. The Kier molecular flexibility index (Phi) is 6.53. The fraction of sp³-hybridized carbons (Fsp3) is 0.0455. The molecular weight excluding hydrogens is 386 g/mol. The normalized spacial score (nSPS) is 11.2. The van der Waals surface area contributed by atoms with Gasteiger partial charge in [0.15, 0.2) is 11.0 Å². The summed E-state index contributed by atoms with van der Waals surface area (Å²) in [6.45, 7) is 0. The topological polar surface area (TPSA) is 79.0 Å². The predicted octanol–water partition coefficient (Wildman–Crippen LogP) is 4.54. The van der Waals surface area contributed by atoms with Crippen LogP contribution in [0.2, 0.25) is 0 Å². The summed E-state index contributed by atoms with van der Waals surface area (Å²) in [6.07, 6.45) is 1.95.